The van der Waals surface area contributed by atoms with Gasteiger partial charge in [-0.3, -0.25) is 0 Å². The maximum absolute atomic E-state index is 13.7. The van der Waals surface area contributed by atoms with Crippen LogP contribution < -0.4 is 10.5 Å². The van der Waals surface area contributed by atoms with Crippen LogP contribution in [-0.2, 0) is 0 Å². The van der Waals surface area contributed by atoms with Crippen molar-refractivity contribution in [2.75, 3.05) is 12.8 Å². The van der Waals surface area contributed by atoms with Crippen molar-refractivity contribution >= 4 is 17.3 Å². The molecule has 17 heavy (non-hydrogen) atoms. The molecule has 0 heterocycles. The van der Waals surface area contributed by atoms with E-state index in [9.17, 15) is 4.39 Å². The third-order valence-electron chi connectivity index (χ3n) is 2.45. The fourth-order valence-electron chi connectivity index (χ4n) is 1.59. The van der Waals surface area contributed by atoms with E-state index in [-0.39, 0.29) is 5.82 Å². The van der Waals surface area contributed by atoms with E-state index in [0.717, 1.165) is 0 Å². The Morgan fingerprint density at radius 3 is 2.65 bits per heavy atom. The molecule has 2 nitrogen and oxygen atoms in total. The monoisotopic (exact) mass is 251 g/mol. The topological polar surface area (TPSA) is 35.2 Å². The minimum absolute atomic E-state index is 0.330. The lowest BCUT2D eigenvalue weighted by molar-refractivity contribution is 0.415. The normalized spacial score (nSPS) is 10.3. The number of ether oxygens (including phenoxy) is 1. The van der Waals surface area contributed by atoms with Gasteiger partial charge in [0.05, 0.1) is 12.1 Å². The Labute approximate surface area is 104 Å². The van der Waals surface area contributed by atoms with E-state index in [4.69, 9.17) is 22.1 Å². The Hall–Kier alpha value is -1.74. The highest BCUT2D eigenvalue weighted by Crippen LogP contribution is 2.32. The average Bonchev–Trinajstić information content (AvgIpc) is 2.33. The molecule has 2 N–H and O–H groups in total. The Bertz CT molecular complexity index is 557. The fraction of sp³-hybridized carbons (Fsp3) is 0.0769. The van der Waals surface area contributed by atoms with Crippen molar-refractivity contribution in [3.63, 3.8) is 0 Å². The van der Waals surface area contributed by atoms with E-state index < -0.39 is 0 Å². The van der Waals surface area contributed by atoms with Gasteiger partial charge < -0.3 is 10.5 Å². The molecule has 0 amide bonds. The Morgan fingerprint density at radius 1 is 1.18 bits per heavy atom. The zero-order valence-electron chi connectivity index (χ0n) is 9.21. The zero-order valence-corrected chi connectivity index (χ0v) is 9.96. The number of anilines is 1. The van der Waals surface area contributed by atoms with Gasteiger partial charge in [-0.25, -0.2) is 4.39 Å². The summed E-state index contributed by atoms with van der Waals surface area (Å²) in [6.45, 7) is 0. The molecule has 2 aromatic rings. The summed E-state index contributed by atoms with van der Waals surface area (Å²) in [4.78, 5) is 0. The fourth-order valence-corrected chi connectivity index (χ4v) is 1.79. The standard InChI is InChI=1S/C13H11ClFNO/c1-17-13-6-8(2-4-11(13)14)10-7-9(16)3-5-12(10)15/h2-7H,16H2,1H3. The van der Waals surface area contributed by atoms with Crippen LogP contribution in [0.3, 0.4) is 0 Å². The van der Waals surface area contributed by atoms with Gasteiger partial charge in [0.1, 0.15) is 11.6 Å². The van der Waals surface area contributed by atoms with Crippen LogP contribution in [-0.4, -0.2) is 7.11 Å². The highest BCUT2D eigenvalue weighted by atomic mass is 35.5. The molecule has 2 rings (SSSR count). The summed E-state index contributed by atoms with van der Waals surface area (Å²) in [6, 6.07) is 9.51. The van der Waals surface area contributed by atoms with Crippen molar-refractivity contribution in [1.82, 2.24) is 0 Å². The van der Waals surface area contributed by atoms with Crippen LogP contribution in [0.25, 0.3) is 11.1 Å². The summed E-state index contributed by atoms with van der Waals surface area (Å²) < 4.78 is 18.8. The van der Waals surface area contributed by atoms with E-state index >= 15 is 0 Å². The number of nitrogen functional groups attached to an aromatic ring is 1. The molecule has 2 aromatic carbocycles. The number of halogens is 2. The van der Waals surface area contributed by atoms with E-state index in [1.807, 2.05) is 0 Å². The summed E-state index contributed by atoms with van der Waals surface area (Å²) in [5, 5.41) is 0.487. The molecule has 0 spiro atoms. The maximum atomic E-state index is 13.7. The lowest BCUT2D eigenvalue weighted by Crippen LogP contribution is -1.91. The molecule has 0 aromatic heterocycles. The molecule has 0 saturated heterocycles. The third kappa shape index (κ3) is 2.34. The lowest BCUT2D eigenvalue weighted by atomic mass is 10.0. The van der Waals surface area contributed by atoms with Crippen LogP contribution in [0, 0.1) is 5.82 Å². The van der Waals surface area contributed by atoms with Gasteiger partial charge in [0, 0.05) is 11.3 Å². The van der Waals surface area contributed by atoms with Crippen molar-refractivity contribution in [2.24, 2.45) is 0 Å². The molecular weight excluding hydrogens is 241 g/mol. The predicted molar refractivity (Wildman–Crippen MR) is 67.8 cm³/mol. The smallest absolute Gasteiger partial charge is 0.138 e. The first-order chi connectivity index (χ1) is 8.11. The second kappa shape index (κ2) is 4.63. The van der Waals surface area contributed by atoms with Crippen LogP contribution in [0.2, 0.25) is 5.02 Å². The first-order valence-electron chi connectivity index (χ1n) is 5.01. The Balaban J connectivity index is 2.56. The maximum Gasteiger partial charge on any atom is 0.138 e. The second-order valence-electron chi connectivity index (χ2n) is 3.59. The molecular formula is C13H11ClFNO. The van der Waals surface area contributed by atoms with E-state index in [2.05, 4.69) is 0 Å². The quantitative estimate of drug-likeness (QED) is 0.826. The van der Waals surface area contributed by atoms with Crippen LogP contribution in [0.5, 0.6) is 5.75 Å². The molecule has 0 bridgehead atoms. The number of benzene rings is 2. The minimum Gasteiger partial charge on any atom is -0.495 e. The van der Waals surface area contributed by atoms with E-state index in [0.29, 0.717) is 27.6 Å². The summed E-state index contributed by atoms with van der Waals surface area (Å²) in [7, 11) is 1.51. The van der Waals surface area contributed by atoms with Gasteiger partial charge in [0.15, 0.2) is 0 Å². The molecule has 0 aliphatic rings. The summed E-state index contributed by atoms with van der Waals surface area (Å²) in [6.07, 6.45) is 0. The van der Waals surface area contributed by atoms with Crippen LogP contribution in [0.4, 0.5) is 10.1 Å². The SMILES string of the molecule is COc1cc(-c2cc(N)ccc2F)ccc1Cl. The molecule has 0 atom stereocenters. The Kier molecular flexibility index (Phi) is 3.20. The zero-order chi connectivity index (χ0) is 12.4. The van der Waals surface area contributed by atoms with E-state index in [1.165, 1.54) is 19.2 Å². The van der Waals surface area contributed by atoms with Crippen molar-refractivity contribution in [2.45, 2.75) is 0 Å². The first-order valence-corrected chi connectivity index (χ1v) is 5.38. The molecule has 0 radical (unpaired) electrons. The number of hydrogen-bond donors (Lipinski definition) is 1. The van der Waals surface area contributed by atoms with Crippen LogP contribution in [0.1, 0.15) is 0 Å². The summed E-state index contributed by atoms with van der Waals surface area (Å²) >= 11 is 5.91. The van der Waals surface area contributed by atoms with Gasteiger partial charge in [-0.2, -0.15) is 0 Å². The summed E-state index contributed by atoms with van der Waals surface area (Å²) in [5.74, 6) is 0.176. The predicted octanol–water partition coefficient (Wildman–Crippen LogP) is 3.74. The minimum atomic E-state index is -0.330. The van der Waals surface area contributed by atoms with Gasteiger partial charge in [-0.15, -0.1) is 0 Å². The second-order valence-corrected chi connectivity index (χ2v) is 4.00. The van der Waals surface area contributed by atoms with Gasteiger partial charge in [0.2, 0.25) is 0 Å². The molecule has 88 valence electrons. The van der Waals surface area contributed by atoms with Crippen LogP contribution in [0.15, 0.2) is 36.4 Å². The Morgan fingerprint density at radius 2 is 1.94 bits per heavy atom. The van der Waals surface area contributed by atoms with Crippen LogP contribution >= 0.6 is 11.6 Å². The first kappa shape index (κ1) is 11.7. The van der Waals surface area contributed by atoms with Gasteiger partial charge in [0.25, 0.3) is 0 Å². The number of methoxy groups -OCH3 is 1. The van der Waals surface area contributed by atoms with E-state index in [1.54, 1.807) is 24.3 Å². The average molecular weight is 252 g/mol. The van der Waals surface area contributed by atoms with Crippen molar-refractivity contribution in [3.05, 3.63) is 47.2 Å². The molecule has 0 fully saturated rings. The lowest BCUT2D eigenvalue weighted by Gasteiger charge is -2.08. The molecule has 0 aliphatic heterocycles. The molecule has 0 saturated carbocycles. The molecule has 0 aliphatic carbocycles. The van der Waals surface area contributed by atoms with Gasteiger partial charge >= 0.3 is 0 Å². The third-order valence-corrected chi connectivity index (χ3v) is 2.76. The van der Waals surface area contributed by atoms with Gasteiger partial charge in [-0.05, 0) is 35.9 Å². The number of nitrogens with two attached hydrogens (primary N) is 1. The van der Waals surface area contributed by atoms with Crippen molar-refractivity contribution in [3.8, 4) is 16.9 Å². The molecule has 4 heteroatoms. The highest BCUT2D eigenvalue weighted by Gasteiger charge is 2.08. The van der Waals surface area contributed by atoms with Crippen molar-refractivity contribution in [1.29, 1.82) is 0 Å². The number of rotatable bonds is 2. The van der Waals surface area contributed by atoms with Crippen molar-refractivity contribution < 1.29 is 9.13 Å². The van der Waals surface area contributed by atoms with Gasteiger partial charge in [-0.1, -0.05) is 17.7 Å². The summed E-state index contributed by atoms with van der Waals surface area (Å²) in [5.41, 5.74) is 7.26. The molecule has 0 unspecified atom stereocenters. The largest absolute Gasteiger partial charge is 0.495 e. The number of hydrogen-bond acceptors (Lipinski definition) is 2. The highest BCUT2D eigenvalue weighted by molar-refractivity contribution is 6.32.